The Balaban J connectivity index is 2.30. The summed E-state index contributed by atoms with van der Waals surface area (Å²) in [6.07, 6.45) is 2.59. The first-order valence-electron chi connectivity index (χ1n) is 6.92. The van der Waals surface area contributed by atoms with Gasteiger partial charge in [-0.3, -0.25) is 9.67 Å². The van der Waals surface area contributed by atoms with Gasteiger partial charge in [0.05, 0.1) is 22.0 Å². The summed E-state index contributed by atoms with van der Waals surface area (Å²) >= 11 is 3.61. The molecular formula is C15H20BrN3O. The Kier molecular flexibility index (Phi) is 4.94. The highest BCUT2D eigenvalue weighted by molar-refractivity contribution is 9.10. The summed E-state index contributed by atoms with van der Waals surface area (Å²) in [5.41, 5.74) is 3.83. The molecule has 2 rings (SSSR count). The Morgan fingerprint density at radius 1 is 1.40 bits per heavy atom. The average molecular weight is 338 g/mol. The van der Waals surface area contributed by atoms with E-state index in [4.69, 9.17) is 0 Å². The fourth-order valence-corrected chi connectivity index (χ4v) is 3.08. The van der Waals surface area contributed by atoms with Crippen LogP contribution in [-0.2, 0) is 19.4 Å². The van der Waals surface area contributed by atoms with Crippen molar-refractivity contribution in [2.45, 2.75) is 46.3 Å². The molecule has 1 unspecified atom stereocenters. The number of aliphatic hydroxyl groups excluding tert-OH is 1. The third-order valence-electron chi connectivity index (χ3n) is 3.49. The molecule has 2 aromatic heterocycles. The van der Waals surface area contributed by atoms with E-state index in [1.54, 1.807) is 6.20 Å². The van der Waals surface area contributed by atoms with Gasteiger partial charge in [0.25, 0.3) is 0 Å². The molecule has 20 heavy (non-hydrogen) atoms. The van der Waals surface area contributed by atoms with Crippen molar-refractivity contribution in [1.82, 2.24) is 14.8 Å². The van der Waals surface area contributed by atoms with Crippen LogP contribution in [0, 0.1) is 6.92 Å². The molecule has 0 bridgehead atoms. The van der Waals surface area contributed by atoms with Crippen LogP contribution in [0.3, 0.4) is 0 Å². The summed E-state index contributed by atoms with van der Waals surface area (Å²) in [6, 6.07) is 3.78. The highest BCUT2D eigenvalue weighted by atomic mass is 79.9. The standard InChI is InChI=1S/C15H20BrN3O/c1-4-12-15(16)13(19(5-2)18-12)9-14(20)11-7-6-8-17-10(11)3/h6-8,14,20H,4-5,9H2,1-3H3. The Bertz CT molecular complexity index is 595. The van der Waals surface area contributed by atoms with E-state index in [9.17, 15) is 5.11 Å². The maximum absolute atomic E-state index is 10.5. The van der Waals surface area contributed by atoms with Crippen LogP contribution in [0.5, 0.6) is 0 Å². The first-order chi connectivity index (χ1) is 9.58. The number of pyridine rings is 1. The van der Waals surface area contributed by atoms with E-state index in [0.29, 0.717) is 6.42 Å². The van der Waals surface area contributed by atoms with E-state index >= 15 is 0 Å². The second-order valence-corrected chi connectivity index (χ2v) is 5.57. The number of halogens is 1. The number of aryl methyl sites for hydroxylation is 3. The van der Waals surface area contributed by atoms with Gasteiger partial charge in [-0.1, -0.05) is 13.0 Å². The summed E-state index contributed by atoms with van der Waals surface area (Å²) in [4.78, 5) is 4.23. The molecule has 0 aromatic carbocycles. The van der Waals surface area contributed by atoms with Crippen LogP contribution in [0.1, 0.15) is 42.6 Å². The lowest BCUT2D eigenvalue weighted by Crippen LogP contribution is -2.10. The number of aromatic nitrogens is 3. The molecule has 2 aromatic rings. The Morgan fingerprint density at radius 2 is 2.15 bits per heavy atom. The van der Waals surface area contributed by atoms with Crippen molar-refractivity contribution in [2.75, 3.05) is 0 Å². The van der Waals surface area contributed by atoms with Gasteiger partial charge in [-0.15, -0.1) is 0 Å². The number of hydrogen-bond acceptors (Lipinski definition) is 3. The summed E-state index contributed by atoms with van der Waals surface area (Å²) < 4.78 is 2.97. The van der Waals surface area contributed by atoms with Crippen LogP contribution in [0.15, 0.2) is 22.8 Å². The molecule has 4 nitrogen and oxygen atoms in total. The highest BCUT2D eigenvalue weighted by Crippen LogP contribution is 2.28. The lowest BCUT2D eigenvalue weighted by Gasteiger charge is -2.14. The zero-order valence-electron chi connectivity index (χ0n) is 12.1. The van der Waals surface area contributed by atoms with E-state index in [1.165, 1.54) is 0 Å². The average Bonchev–Trinajstić information content (AvgIpc) is 2.75. The molecule has 0 fully saturated rings. The molecule has 5 heteroatoms. The molecular weight excluding hydrogens is 318 g/mol. The fourth-order valence-electron chi connectivity index (χ4n) is 2.35. The molecule has 108 valence electrons. The maximum atomic E-state index is 10.5. The normalized spacial score (nSPS) is 12.7. The van der Waals surface area contributed by atoms with Crippen molar-refractivity contribution in [3.05, 3.63) is 45.4 Å². The van der Waals surface area contributed by atoms with Crippen molar-refractivity contribution in [3.8, 4) is 0 Å². The Morgan fingerprint density at radius 3 is 2.75 bits per heavy atom. The topological polar surface area (TPSA) is 50.9 Å². The van der Waals surface area contributed by atoms with Crippen molar-refractivity contribution in [2.24, 2.45) is 0 Å². The van der Waals surface area contributed by atoms with Gasteiger partial charge in [-0.25, -0.2) is 0 Å². The van der Waals surface area contributed by atoms with Gasteiger partial charge in [0.15, 0.2) is 0 Å². The predicted octanol–water partition coefficient (Wildman–Crippen LogP) is 3.21. The van der Waals surface area contributed by atoms with Crippen LogP contribution in [0.4, 0.5) is 0 Å². The van der Waals surface area contributed by atoms with Gasteiger partial charge in [-0.2, -0.15) is 5.10 Å². The molecule has 1 atom stereocenters. The molecule has 0 aliphatic heterocycles. The monoisotopic (exact) mass is 337 g/mol. The smallest absolute Gasteiger partial charge is 0.0863 e. The number of hydrogen-bond donors (Lipinski definition) is 1. The number of nitrogens with zero attached hydrogens (tertiary/aromatic N) is 3. The molecule has 0 spiro atoms. The van der Waals surface area contributed by atoms with Crippen molar-refractivity contribution in [1.29, 1.82) is 0 Å². The number of rotatable bonds is 5. The second kappa shape index (κ2) is 6.50. The summed E-state index contributed by atoms with van der Waals surface area (Å²) in [5.74, 6) is 0. The highest BCUT2D eigenvalue weighted by Gasteiger charge is 2.19. The molecule has 1 N–H and O–H groups in total. The molecule has 0 amide bonds. The minimum Gasteiger partial charge on any atom is -0.388 e. The van der Waals surface area contributed by atoms with Gasteiger partial charge in [0, 0.05) is 30.4 Å². The summed E-state index contributed by atoms with van der Waals surface area (Å²) in [7, 11) is 0. The van der Waals surface area contributed by atoms with Crippen molar-refractivity contribution >= 4 is 15.9 Å². The lowest BCUT2D eigenvalue weighted by molar-refractivity contribution is 0.174. The summed E-state index contributed by atoms with van der Waals surface area (Å²) in [6.45, 7) is 6.86. The van der Waals surface area contributed by atoms with E-state index in [-0.39, 0.29) is 0 Å². The molecule has 0 saturated carbocycles. The largest absolute Gasteiger partial charge is 0.388 e. The quantitative estimate of drug-likeness (QED) is 0.911. The van der Waals surface area contributed by atoms with Gasteiger partial charge in [0.2, 0.25) is 0 Å². The van der Waals surface area contributed by atoms with E-state index in [0.717, 1.165) is 40.1 Å². The minimum atomic E-state index is -0.563. The Hall–Kier alpha value is -1.20. The van der Waals surface area contributed by atoms with Crippen LogP contribution < -0.4 is 0 Å². The first-order valence-corrected chi connectivity index (χ1v) is 7.71. The van der Waals surface area contributed by atoms with Gasteiger partial charge in [0.1, 0.15) is 0 Å². The molecule has 2 heterocycles. The van der Waals surface area contributed by atoms with Crippen LogP contribution >= 0.6 is 15.9 Å². The SMILES string of the molecule is CCc1nn(CC)c(CC(O)c2cccnc2C)c1Br. The molecule has 0 aliphatic rings. The third kappa shape index (κ3) is 2.94. The molecule has 0 radical (unpaired) electrons. The lowest BCUT2D eigenvalue weighted by atomic mass is 10.0. The molecule has 0 aliphatic carbocycles. The maximum Gasteiger partial charge on any atom is 0.0863 e. The Labute approximate surface area is 128 Å². The van der Waals surface area contributed by atoms with Crippen LogP contribution in [0.25, 0.3) is 0 Å². The third-order valence-corrected chi connectivity index (χ3v) is 4.40. The zero-order valence-corrected chi connectivity index (χ0v) is 13.7. The fraction of sp³-hybridized carbons (Fsp3) is 0.467. The van der Waals surface area contributed by atoms with Crippen LogP contribution in [-0.4, -0.2) is 19.9 Å². The van der Waals surface area contributed by atoms with E-state index in [2.05, 4.69) is 39.9 Å². The zero-order chi connectivity index (χ0) is 14.7. The van der Waals surface area contributed by atoms with Gasteiger partial charge in [-0.05, 0) is 42.3 Å². The summed E-state index contributed by atoms with van der Waals surface area (Å²) in [5, 5.41) is 15.0. The van der Waals surface area contributed by atoms with Crippen LogP contribution in [0.2, 0.25) is 0 Å². The van der Waals surface area contributed by atoms with Crippen molar-refractivity contribution in [3.63, 3.8) is 0 Å². The second-order valence-electron chi connectivity index (χ2n) is 4.77. The predicted molar refractivity (Wildman–Crippen MR) is 82.6 cm³/mol. The van der Waals surface area contributed by atoms with Gasteiger partial charge >= 0.3 is 0 Å². The number of aliphatic hydroxyl groups is 1. The minimum absolute atomic E-state index is 0.536. The molecule has 0 saturated heterocycles. The first kappa shape index (κ1) is 15.2. The van der Waals surface area contributed by atoms with Crippen molar-refractivity contribution < 1.29 is 5.11 Å². The van der Waals surface area contributed by atoms with Gasteiger partial charge < -0.3 is 5.11 Å². The van der Waals surface area contributed by atoms with E-state index < -0.39 is 6.10 Å². The van der Waals surface area contributed by atoms with E-state index in [1.807, 2.05) is 23.7 Å².